The minimum Gasteiger partial charge on any atom is -0.359 e. The molecule has 1 aliphatic rings. The van der Waals surface area contributed by atoms with E-state index in [1.807, 2.05) is 18.2 Å². The molecule has 3 heterocycles. The number of nitrogens with one attached hydrogen (secondary N) is 1. The van der Waals surface area contributed by atoms with Crippen molar-refractivity contribution in [1.29, 1.82) is 5.26 Å². The van der Waals surface area contributed by atoms with Gasteiger partial charge in [-0.2, -0.15) is 5.26 Å². The summed E-state index contributed by atoms with van der Waals surface area (Å²) in [5.41, 5.74) is 1.70. The van der Waals surface area contributed by atoms with Crippen LogP contribution in [0.3, 0.4) is 0 Å². The van der Waals surface area contributed by atoms with Crippen LogP contribution < -0.4 is 4.90 Å². The number of anilines is 1. The number of rotatable bonds is 2. The van der Waals surface area contributed by atoms with Crippen molar-refractivity contribution in [3.8, 4) is 17.6 Å². The summed E-state index contributed by atoms with van der Waals surface area (Å²) in [6, 6.07) is 5.72. The Morgan fingerprint density at radius 1 is 1.47 bits per heavy atom. The summed E-state index contributed by atoms with van der Waals surface area (Å²) >= 11 is 0. The van der Waals surface area contributed by atoms with E-state index in [9.17, 15) is 4.79 Å². The Morgan fingerprint density at radius 3 is 3.11 bits per heavy atom. The first kappa shape index (κ1) is 11.4. The van der Waals surface area contributed by atoms with E-state index in [1.54, 1.807) is 12.4 Å². The molecule has 6 heteroatoms. The summed E-state index contributed by atoms with van der Waals surface area (Å²) < 4.78 is 0. The molecular formula is C13H11N5O. The van der Waals surface area contributed by atoms with E-state index >= 15 is 0 Å². The van der Waals surface area contributed by atoms with E-state index in [0.29, 0.717) is 24.5 Å². The third kappa shape index (κ3) is 1.95. The molecule has 1 aliphatic heterocycles. The zero-order valence-corrected chi connectivity index (χ0v) is 10.1. The second-order valence-corrected chi connectivity index (χ2v) is 4.26. The average Bonchev–Trinajstić information content (AvgIpc) is 2.96. The topological polar surface area (TPSA) is 85.7 Å². The van der Waals surface area contributed by atoms with Gasteiger partial charge >= 0.3 is 0 Å². The van der Waals surface area contributed by atoms with Crippen LogP contribution in [0.25, 0.3) is 11.5 Å². The Kier molecular flexibility index (Phi) is 2.72. The van der Waals surface area contributed by atoms with Crippen molar-refractivity contribution in [2.24, 2.45) is 0 Å². The molecule has 0 saturated carbocycles. The largest absolute Gasteiger partial charge is 0.359 e. The third-order valence-electron chi connectivity index (χ3n) is 3.07. The predicted molar refractivity (Wildman–Crippen MR) is 68.1 cm³/mol. The van der Waals surface area contributed by atoms with Gasteiger partial charge in [0, 0.05) is 24.4 Å². The van der Waals surface area contributed by atoms with Crippen molar-refractivity contribution < 1.29 is 4.79 Å². The van der Waals surface area contributed by atoms with Crippen molar-refractivity contribution in [2.75, 3.05) is 11.4 Å². The smallest absolute Gasteiger partial charge is 0.229 e. The monoisotopic (exact) mass is 253 g/mol. The molecule has 2 aromatic rings. The summed E-state index contributed by atoms with van der Waals surface area (Å²) in [5, 5.41) is 8.82. The summed E-state index contributed by atoms with van der Waals surface area (Å²) in [4.78, 5) is 25.0. The molecule has 0 saturated heterocycles. The lowest BCUT2D eigenvalue weighted by atomic mass is 10.1. The van der Waals surface area contributed by atoms with Crippen LogP contribution in [0, 0.1) is 11.3 Å². The first-order chi connectivity index (χ1) is 9.29. The van der Waals surface area contributed by atoms with Gasteiger partial charge in [0.2, 0.25) is 5.91 Å². The Balaban J connectivity index is 2.07. The van der Waals surface area contributed by atoms with Gasteiger partial charge in [0.05, 0.1) is 11.8 Å². The number of aromatic nitrogens is 3. The molecule has 0 aliphatic carbocycles. The lowest BCUT2D eigenvalue weighted by molar-refractivity contribution is -0.118. The highest BCUT2D eigenvalue weighted by Gasteiger charge is 2.26. The Hall–Kier alpha value is -2.68. The lowest BCUT2D eigenvalue weighted by Gasteiger charge is -2.25. The molecule has 0 aromatic carbocycles. The summed E-state index contributed by atoms with van der Waals surface area (Å²) in [5.74, 6) is 1.02. The molecule has 1 amide bonds. The fraction of sp³-hybridized carbons (Fsp3) is 0.231. The van der Waals surface area contributed by atoms with E-state index in [2.05, 4.69) is 15.0 Å². The van der Waals surface area contributed by atoms with Gasteiger partial charge in [0.1, 0.15) is 12.4 Å². The van der Waals surface area contributed by atoms with Crippen LogP contribution in [-0.4, -0.2) is 27.4 Å². The van der Waals surface area contributed by atoms with E-state index < -0.39 is 0 Å². The van der Waals surface area contributed by atoms with Gasteiger partial charge < -0.3 is 4.98 Å². The van der Waals surface area contributed by atoms with Crippen LogP contribution in [0.2, 0.25) is 0 Å². The fourth-order valence-corrected chi connectivity index (χ4v) is 2.14. The maximum atomic E-state index is 11.9. The number of carbonyl (C=O) groups excluding carboxylic acids is 1. The van der Waals surface area contributed by atoms with E-state index in [0.717, 1.165) is 11.3 Å². The highest BCUT2D eigenvalue weighted by Crippen LogP contribution is 2.26. The highest BCUT2D eigenvalue weighted by atomic mass is 16.2. The first-order valence-electron chi connectivity index (χ1n) is 5.96. The molecule has 0 radical (unpaired) electrons. The van der Waals surface area contributed by atoms with Gasteiger partial charge in [-0.1, -0.05) is 0 Å². The van der Waals surface area contributed by atoms with Crippen molar-refractivity contribution in [2.45, 2.75) is 12.8 Å². The van der Waals surface area contributed by atoms with Crippen LogP contribution >= 0.6 is 0 Å². The summed E-state index contributed by atoms with van der Waals surface area (Å²) in [6.07, 6.45) is 4.55. The quantitative estimate of drug-likeness (QED) is 0.817. The van der Waals surface area contributed by atoms with Crippen LogP contribution in [0.1, 0.15) is 12.0 Å². The van der Waals surface area contributed by atoms with Crippen molar-refractivity contribution in [3.63, 3.8) is 0 Å². The van der Waals surface area contributed by atoms with Gasteiger partial charge in [0.15, 0.2) is 5.82 Å². The average molecular weight is 253 g/mol. The zero-order valence-electron chi connectivity index (χ0n) is 10.1. The van der Waals surface area contributed by atoms with Crippen molar-refractivity contribution in [3.05, 3.63) is 30.1 Å². The first-order valence-corrected chi connectivity index (χ1v) is 5.96. The van der Waals surface area contributed by atoms with Gasteiger partial charge in [-0.05, 0) is 18.6 Å². The summed E-state index contributed by atoms with van der Waals surface area (Å²) in [7, 11) is 0. The predicted octanol–water partition coefficient (Wildman–Crippen LogP) is 1.27. The number of nitrogens with zero attached hydrogens (tertiary/aromatic N) is 4. The molecule has 0 spiro atoms. The molecule has 0 bridgehead atoms. The second-order valence-electron chi connectivity index (χ2n) is 4.26. The highest BCUT2D eigenvalue weighted by molar-refractivity contribution is 5.95. The van der Waals surface area contributed by atoms with E-state index in [4.69, 9.17) is 5.26 Å². The Bertz CT molecular complexity index is 656. The van der Waals surface area contributed by atoms with Crippen LogP contribution in [0.4, 0.5) is 5.82 Å². The number of aryl methyl sites for hydroxylation is 1. The zero-order chi connectivity index (χ0) is 13.2. The number of carbonyl (C=O) groups is 1. The molecule has 94 valence electrons. The number of fused-ring (bicyclic) bond motifs is 1. The molecular weight excluding hydrogens is 242 g/mol. The normalized spacial score (nSPS) is 14.1. The Morgan fingerprint density at radius 2 is 2.37 bits per heavy atom. The number of amides is 1. The van der Waals surface area contributed by atoms with Crippen LogP contribution in [0.15, 0.2) is 24.5 Å². The summed E-state index contributed by atoms with van der Waals surface area (Å²) in [6.45, 7) is 0.0208. The number of hydrogen-bond acceptors (Lipinski definition) is 4. The Labute approximate surface area is 109 Å². The molecule has 6 nitrogen and oxygen atoms in total. The second kappa shape index (κ2) is 4.53. The number of hydrogen-bond donors (Lipinski definition) is 1. The third-order valence-corrected chi connectivity index (χ3v) is 3.07. The van der Waals surface area contributed by atoms with E-state index in [1.165, 1.54) is 4.90 Å². The maximum Gasteiger partial charge on any atom is 0.229 e. The molecule has 1 N–H and O–H groups in total. The number of aromatic amines is 1. The minimum atomic E-state index is -0.0646. The SMILES string of the molecule is N#CCN1C(=O)CCc2cnc(-c3ccc[nH]3)nc21. The van der Waals surface area contributed by atoms with Gasteiger partial charge in [0.25, 0.3) is 0 Å². The minimum absolute atomic E-state index is 0.0208. The molecule has 0 atom stereocenters. The van der Waals surface area contributed by atoms with Crippen molar-refractivity contribution in [1.82, 2.24) is 15.0 Å². The molecule has 2 aromatic heterocycles. The maximum absolute atomic E-state index is 11.9. The van der Waals surface area contributed by atoms with Gasteiger partial charge in [-0.3, -0.25) is 9.69 Å². The van der Waals surface area contributed by atoms with Gasteiger partial charge in [-0.15, -0.1) is 0 Å². The lowest BCUT2D eigenvalue weighted by Crippen LogP contribution is -2.36. The molecule has 0 unspecified atom stereocenters. The number of H-pyrrole nitrogens is 1. The standard InChI is InChI=1S/C13H11N5O/c14-5-7-18-11(19)4-3-9-8-16-12(17-13(9)18)10-2-1-6-15-10/h1-2,6,8,15H,3-4,7H2. The fourth-order valence-electron chi connectivity index (χ4n) is 2.14. The molecule has 3 rings (SSSR count). The van der Waals surface area contributed by atoms with Crippen LogP contribution in [-0.2, 0) is 11.2 Å². The van der Waals surface area contributed by atoms with Crippen LogP contribution in [0.5, 0.6) is 0 Å². The number of nitriles is 1. The van der Waals surface area contributed by atoms with E-state index in [-0.39, 0.29) is 12.5 Å². The van der Waals surface area contributed by atoms with Crippen molar-refractivity contribution >= 4 is 11.7 Å². The molecule has 19 heavy (non-hydrogen) atoms. The molecule has 0 fully saturated rings. The van der Waals surface area contributed by atoms with Gasteiger partial charge in [-0.25, -0.2) is 9.97 Å².